The van der Waals surface area contributed by atoms with Gasteiger partial charge in [-0.05, 0) is 24.7 Å². The number of methoxy groups -OCH3 is 1. The van der Waals surface area contributed by atoms with Crippen LogP contribution in [0.2, 0.25) is 0 Å². The van der Waals surface area contributed by atoms with Crippen LogP contribution in [0, 0.1) is 11.8 Å². The highest BCUT2D eigenvalue weighted by Gasteiger charge is 2.22. The number of hydrogen-bond acceptors (Lipinski definition) is 3. The Morgan fingerprint density at radius 2 is 2.33 bits per heavy atom. The maximum atomic E-state index is 11.5. The summed E-state index contributed by atoms with van der Waals surface area (Å²) in [5.41, 5.74) is 5.60. The fourth-order valence-corrected chi connectivity index (χ4v) is 2.14. The van der Waals surface area contributed by atoms with E-state index in [1.165, 1.54) is 19.3 Å². The first kappa shape index (κ1) is 12.5. The van der Waals surface area contributed by atoms with E-state index in [0.29, 0.717) is 5.92 Å². The Morgan fingerprint density at radius 3 is 2.87 bits per heavy atom. The van der Waals surface area contributed by atoms with E-state index in [0.717, 1.165) is 12.5 Å². The summed E-state index contributed by atoms with van der Waals surface area (Å²) in [6.45, 7) is 3.31. The van der Waals surface area contributed by atoms with Crippen molar-refractivity contribution in [2.24, 2.45) is 17.6 Å². The molecule has 1 amide bonds. The molecule has 1 fully saturated rings. The number of hydrogen-bond donors (Lipinski definition) is 2. The van der Waals surface area contributed by atoms with Crippen LogP contribution in [-0.2, 0) is 9.53 Å². The Hall–Kier alpha value is -0.610. The molecule has 3 unspecified atom stereocenters. The van der Waals surface area contributed by atoms with Gasteiger partial charge < -0.3 is 15.8 Å². The summed E-state index contributed by atoms with van der Waals surface area (Å²) in [6.07, 6.45) is 3.73. The molecule has 4 heteroatoms. The standard InChI is InChI=1S/C11H22N2O2/c1-8-3-4-9(5-8)6-13-11(14)10(12)7-15-2/h8-10H,3-7,12H2,1-2H3,(H,13,14). The van der Waals surface area contributed by atoms with Crippen molar-refractivity contribution in [3.63, 3.8) is 0 Å². The van der Waals surface area contributed by atoms with E-state index in [1.54, 1.807) is 7.11 Å². The topological polar surface area (TPSA) is 64.3 Å². The third-order valence-corrected chi connectivity index (χ3v) is 3.05. The van der Waals surface area contributed by atoms with Crippen molar-refractivity contribution in [1.29, 1.82) is 0 Å². The molecule has 3 atom stereocenters. The Bertz CT molecular complexity index is 209. The van der Waals surface area contributed by atoms with Crippen LogP contribution in [0.5, 0.6) is 0 Å². The molecule has 0 saturated heterocycles. The molecular formula is C11H22N2O2. The van der Waals surface area contributed by atoms with Crippen LogP contribution in [0.3, 0.4) is 0 Å². The predicted octanol–water partition coefficient (Wildman–Crippen LogP) is 0.513. The number of carbonyl (C=O) groups excluding carboxylic acids is 1. The van der Waals surface area contributed by atoms with Crippen molar-refractivity contribution in [1.82, 2.24) is 5.32 Å². The average molecular weight is 214 g/mol. The monoisotopic (exact) mass is 214 g/mol. The highest BCUT2D eigenvalue weighted by molar-refractivity contribution is 5.81. The molecule has 0 aromatic carbocycles. The first-order chi connectivity index (χ1) is 7.13. The molecule has 4 nitrogen and oxygen atoms in total. The second kappa shape index (κ2) is 6.08. The second-order valence-electron chi connectivity index (χ2n) is 4.59. The molecule has 1 aliphatic rings. The van der Waals surface area contributed by atoms with E-state index >= 15 is 0 Å². The molecular weight excluding hydrogens is 192 g/mol. The zero-order valence-corrected chi connectivity index (χ0v) is 9.66. The van der Waals surface area contributed by atoms with E-state index in [-0.39, 0.29) is 12.5 Å². The van der Waals surface area contributed by atoms with E-state index in [9.17, 15) is 4.79 Å². The van der Waals surface area contributed by atoms with E-state index < -0.39 is 6.04 Å². The van der Waals surface area contributed by atoms with Gasteiger partial charge in [0.2, 0.25) is 5.91 Å². The molecule has 1 saturated carbocycles. The highest BCUT2D eigenvalue weighted by Crippen LogP contribution is 2.29. The van der Waals surface area contributed by atoms with Crippen LogP contribution >= 0.6 is 0 Å². The lowest BCUT2D eigenvalue weighted by Crippen LogP contribution is -2.44. The SMILES string of the molecule is COCC(N)C(=O)NCC1CCC(C)C1. The Balaban J connectivity index is 2.16. The van der Waals surface area contributed by atoms with Crippen LogP contribution < -0.4 is 11.1 Å². The molecule has 0 bridgehead atoms. The van der Waals surface area contributed by atoms with Gasteiger partial charge in [0.05, 0.1) is 6.61 Å². The fourth-order valence-electron chi connectivity index (χ4n) is 2.14. The largest absolute Gasteiger partial charge is 0.383 e. The number of nitrogens with one attached hydrogen (secondary N) is 1. The van der Waals surface area contributed by atoms with Crippen LogP contribution in [0.15, 0.2) is 0 Å². The molecule has 0 aromatic heterocycles. The van der Waals surface area contributed by atoms with E-state index in [2.05, 4.69) is 12.2 Å². The lowest BCUT2D eigenvalue weighted by molar-refractivity contribution is -0.123. The van der Waals surface area contributed by atoms with Gasteiger partial charge in [-0.15, -0.1) is 0 Å². The number of nitrogens with two attached hydrogens (primary N) is 1. The molecule has 0 aromatic rings. The molecule has 88 valence electrons. The zero-order valence-electron chi connectivity index (χ0n) is 9.66. The van der Waals surface area contributed by atoms with Crippen molar-refractivity contribution in [3.05, 3.63) is 0 Å². The van der Waals surface area contributed by atoms with Gasteiger partial charge in [0.15, 0.2) is 0 Å². The average Bonchev–Trinajstić information content (AvgIpc) is 2.61. The second-order valence-corrected chi connectivity index (χ2v) is 4.59. The van der Waals surface area contributed by atoms with E-state index in [1.807, 2.05) is 0 Å². The van der Waals surface area contributed by atoms with Crippen LogP contribution in [0.4, 0.5) is 0 Å². The first-order valence-corrected chi connectivity index (χ1v) is 5.65. The third-order valence-electron chi connectivity index (χ3n) is 3.05. The maximum Gasteiger partial charge on any atom is 0.239 e. The van der Waals surface area contributed by atoms with Crippen molar-refractivity contribution >= 4 is 5.91 Å². The third kappa shape index (κ3) is 4.18. The van der Waals surface area contributed by atoms with Crippen molar-refractivity contribution in [3.8, 4) is 0 Å². The van der Waals surface area contributed by atoms with Gasteiger partial charge in [-0.1, -0.05) is 13.3 Å². The molecule has 0 spiro atoms. The molecule has 0 radical (unpaired) electrons. The van der Waals surface area contributed by atoms with Crippen molar-refractivity contribution in [2.75, 3.05) is 20.3 Å². The van der Waals surface area contributed by atoms with Gasteiger partial charge in [0, 0.05) is 13.7 Å². The maximum absolute atomic E-state index is 11.5. The zero-order chi connectivity index (χ0) is 11.3. The minimum absolute atomic E-state index is 0.101. The van der Waals surface area contributed by atoms with Gasteiger partial charge in [0.1, 0.15) is 6.04 Å². The summed E-state index contributed by atoms with van der Waals surface area (Å²) in [7, 11) is 1.55. The van der Waals surface area contributed by atoms with Crippen LogP contribution in [0.1, 0.15) is 26.2 Å². The van der Waals surface area contributed by atoms with Gasteiger partial charge in [0.25, 0.3) is 0 Å². The summed E-state index contributed by atoms with van der Waals surface area (Å²) in [6, 6.07) is -0.533. The molecule has 0 heterocycles. The van der Waals surface area contributed by atoms with Gasteiger partial charge in [-0.2, -0.15) is 0 Å². The molecule has 1 aliphatic carbocycles. The molecule has 0 aliphatic heterocycles. The molecule has 15 heavy (non-hydrogen) atoms. The Labute approximate surface area is 91.5 Å². The van der Waals surface area contributed by atoms with Gasteiger partial charge >= 0.3 is 0 Å². The smallest absolute Gasteiger partial charge is 0.239 e. The minimum atomic E-state index is -0.533. The van der Waals surface area contributed by atoms with Gasteiger partial charge in [-0.3, -0.25) is 4.79 Å². The number of amides is 1. The Kier molecular flexibility index (Phi) is 5.05. The summed E-state index contributed by atoms with van der Waals surface area (Å²) in [5, 5.41) is 2.89. The quantitative estimate of drug-likeness (QED) is 0.701. The summed E-state index contributed by atoms with van der Waals surface area (Å²) in [4.78, 5) is 11.5. The first-order valence-electron chi connectivity index (χ1n) is 5.65. The highest BCUT2D eigenvalue weighted by atomic mass is 16.5. The summed E-state index contributed by atoms with van der Waals surface area (Å²) in [5.74, 6) is 1.34. The Morgan fingerprint density at radius 1 is 1.60 bits per heavy atom. The minimum Gasteiger partial charge on any atom is -0.383 e. The molecule has 1 rings (SSSR count). The fraction of sp³-hybridized carbons (Fsp3) is 0.909. The lowest BCUT2D eigenvalue weighted by atomic mass is 10.1. The number of rotatable bonds is 5. The number of carbonyl (C=O) groups is 1. The van der Waals surface area contributed by atoms with Crippen molar-refractivity contribution < 1.29 is 9.53 Å². The normalized spacial score (nSPS) is 27.7. The van der Waals surface area contributed by atoms with Crippen LogP contribution in [-0.4, -0.2) is 32.2 Å². The molecule has 3 N–H and O–H groups in total. The van der Waals surface area contributed by atoms with Crippen LogP contribution in [0.25, 0.3) is 0 Å². The number of ether oxygens (including phenoxy) is 1. The van der Waals surface area contributed by atoms with Crippen molar-refractivity contribution in [2.45, 2.75) is 32.2 Å². The van der Waals surface area contributed by atoms with Gasteiger partial charge in [-0.25, -0.2) is 0 Å². The van der Waals surface area contributed by atoms with E-state index in [4.69, 9.17) is 10.5 Å². The summed E-state index contributed by atoms with van der Waals surface area (Å²) < 4.78 is 4.83. The summed E-state index contributed by atoms with van der Waals surface area (Å²) >= 11 is 0. The lowest BCUT2D eigenvalue weighted by Gasteiger charge is -2.14. The predicted molar refractivity (Wildman–Crippen MR) is 59.4 cm³/mol.